The average molecular weight is 262 g/mol. The van der Waals surface area contributed by atoms with E-state index in [1.54, 1.807) is 11.0 Å². The smallest absolute Gasteiger partial charge is 0.258 e. The summed E-state index contributed by atoms with van der Waals surface area (Å²) in [5, 5.41) is 0. The largest absolute Gasteiger partial charge is 0.334 e. The van der Waals surface area contributed by atoms with Gasteiger partial charge in [-0.3, -0.25) is 4.79 Å². The van der Waals surface area contributed by atoms with Crippen molar-refractivity contribution in [3.63, 3.8) is 0 Å². The van der Waals surface area contributed by atoms with Crippen molar-refractivity contribution in [1.82, 2.24) is 9.88 Å². The lowest BCUT2D eigenvalue weighted by atomic mass is 9.83. The number of hydrogen-bond acceptors (Lipinski definition) is 2. The van der Waals surface area contributed by atoms with Gasteiger partial charge in [-0.1, -0.05) is 32.4 Å². The summed E-state index contributed by atoms with van der Waals surface area (Å²) in [7, 11) is 0. The molecule has 102 valence electrons. The van der Waals surface area contributed by atoms with E-state index in [1.807, 2.05) is 0 Å². The van der Waals surface area contributed by atoms with Crippen LogP contribution in [0.15, 0.2) is 30.0 Å². The highest BCUT2D eigenvalue weighted by molar-refractivity contribution is 5.94. The molecule has 0 unspecified atom stereocenters. The van der Waals surface area contributed by atoms with Crippen molar-refractivity contribution in [3.05, 3.63) is 41.5 Å². The maximum atomic E-state index is 13.5. The molecule has 2 rings (SSSR count). The Morgan fingerprint density at radius 2 is 2.16 bits per heavy atom. The van der Waals surface area contributed by atoms with Crippen molar-refractivity contribution in [2.75, 3.05) is 13.1 Å². The van der Waals surface area contributed by atoms with Crippen LogP contribution in [0.4, 0.5) is 4.39 Å². The second-order valence-corrected chi connectivity index (χ2v) is 5.82. The van der Waals surface area contributed by atoms with E-state index >= 15 is 0 Å². The van der Waals surface area contributed by atoms with Gasteiger partial charge in [0, 0.05) is 19.3 Å². The van der Waals surface area contributed by atoms with E-state index < -0.39 is 5.95 Å². The number of amides is 1. The third-order valence-electron chi connectivity index (χ3n) is 3.45. The van der Waals surface area contributed by atoms with Crippen LogP contribution in [0.5, 0.6) is 0 Å². The van der Waals surface area contributed by atoms with E-state index in [1.165, 1.54) is 17.8 Å². The van der Waals surface area contributed by atoms with Crippen LogP contribution in [0.25, 0.3) is 0 Å². The van der Waals surface area contributed by atoms with E-state index in [0.29, 0.717) is 13.1 Å². The quantitative estimate of drug-likeness (QED) is 0.575. The number of hydrogen-bond donors (Lipinski definition) is 0. The topological polar surface area (TPSA) is 33.2 Å². The first kappa shape index (κ1) is 13.7. The van der Waals surface area contributed by atoms with Crippen LogP contribution in [0, 0.1) is 11.4 Å². The fourth-order valence-corrected chi connectivity index (χ4v) is 2.25. The van der Waals surface area contributed by atoms with Gasteiger partial charge in [0.15, 0.2) is 0 Å². The average Bonchev–Trinajstić information content (AvgIpc) is 2.38. The summed E-state index contributed by atoms with van der Waals surface area (Å²) in [5.41, 5.74) is 1.53. The van der Waals surface area contributed by atoms with Crippen LogP contribution >= 0.6 is 0 Å². The zero-order valence-corrected chi connectivity index (χ0v) is 11.6. The molecule has 0 fully saturated rings. The van der Waals surface area contributed by atoms with Crippen molar-refractivity contribution in [3.8, 4) is 0 Å². The SMILES string of the molecule is CC(C)(C)C1=CCN(C(=O)c2cccnc2F)CC1. The van der Waals surface area contributed by atoms with Gasteiger partial charge in [0.25, 0.3) is 5.91 Å². The Kier molecular flexibility index (Phi) is 3.69. The van der Waals surface area contributed by atoms with Gasteiger partial charge in [-0.25, -0.2) is 4.98 Å². The van der Waals surface area contributed by atoms with E-state index in [0.717, 1.165) is 6.42 Å². The summed E-state index contributed by atoms with van der Waals surface area (Å²) in [6.45, 7) is 7.67. The van der Waals surface area contributed by atoms with Gasteiger partial charge in [0.05, 0.1) is 5.56 Å². The molecular weight excluding hydrogens is 243 g/mol. The van der Waals surface area contributed by atoms with Gasteiger partial charge in [-0.15, -0.1) is 0 Å². The zero-order valence-electron chi connectivity index (χ0n) is 11.6. The van der Waals surface area contributed by atoms with E-state index in [2.05, 4.69) is 31.8 Å². The van der Waals surface area contributed by atoms with Crippen molar-refractivity contribution < 1.29 is 9.18 Å². The molecule has 19 heavy (non-hydrogen) atoms. The van der Waals surface area contributed by atoms with Gasteiger partial charge >= 0.3 is 0 Å². The van der Waals surface area contributed by atoms with Gasteiger partial charge in [-0.05, 0) is 24.0 Å². The summed E-state index contributed by atoms with van der Waals surface area (Å²) in [6.07, 6.45) is 4.27. The first-order chi connectivity index (χ1) is 8.89. The lowest BCUT2D eigenvalue weighted by Crippen LogP contribution is -2.36. The Bertz CT molecular complexity index is 517. The first-order valence-electron chi connectivity index (χ1n) is 6.49. The fourth-order valence-electron chi connectivity index (χ4n) is 2.25. The monoisotopic (exact) mass is 262 g/mol. The molecule has 0 aromatic carbocycles. The van der Waals surface area contributed by atoms with Crippen molar-refractivity contribution in [1.29, 1.82) is 0 Å². The number of pyridine rings is 1. The Morgan fingerprint density at radius 3 is 2.68 bits per heavy atom. The molecule has 0 atom stereocenters. The van der Waals surface area contributed by atoms with Crippen LogP contribution in [0.3, 0.4) is 0 Å². The molecule has 1 aromatic rings. The molecule has 0 bridgehead atoms. The molecule has 4 heteroatoms. The van der Waals surface area contributed by atoms with Crippen LogP contribution in [-0.4, -0.2) is 28.9 Å². The first-order valence-corrected chi connectivity index (χ1v) is 6.49. The maximum Gasteiger partial charge on any atom is 0.258 e. The summed E-state index contributed by atoms with van der Waals surface area (Å²) < 4.78 is 13.5. The minimum absolute atomic E-state index is 0.0510. The van der Waals surface area contributed by atoms with Crippen molar-refractivity contribution in [2.45, 2.75) is 27.2 Å². The van der Waals surface area contributed by atoms with Crippen LogP contribution in [-0.2, 0) is 0 Å². The minimum atomic E-state index is -0.696. The molecule has 0 radical (unpaired) electrons. The minimum Gasteiger partial charge on any atom is -0.334 e. The maximum absolute atomic E-state index is 13.5. The summed E-state index contributed by atoms with van der Waals surface area (Å²) in [4.78, 5) is 17.4. The van der Waals surface area contributed by atoms with E-state index in [-0.39, 0.29) is 16.9 Å². The zero-order chi connectivity index (χ0) is 14.0. The Morgan fingerprint density at radius 1 is 1.42 bits per heavy atom. The molecule has 1 amide bonds. The van der Waals surface area contributed by atoms with Gasteiger partial charge in [-0.2, -0.15) is 4.39 Å². The Hall–Kier alpha value is -1.71. The number of aromatic nitrogens is 1. The number of rotatable bonds is 1. The summed E-state index contributed by atoms with van der Waals surface area (Å²) in [5.74, 6) is -0.979. The molecule has 0 saturated carbocycles. The number of carbonyl (C=O) groups is 1. The molecule has 0 aliphatic carbocycles. The predicted molar refractivity (Wildman–Crippen MR) is 72.3 cm³/mol. The molecule has 0 spiro atoms. The Labute approximate surface area is 113 Å². The van der Waals surface area contributed by atoms with E-state index in [9.17, 15) is 9.18 Å². The summed E-state index contributed by atoms with van der Waals surface area (Å²) in [6, 6.07) is 3.06. The number of nitrogens with zero attached hydrogens (tertiary/aromatic N) is 2. The second kappa shape index (κ2) is 5.11. The Balaban J connectivity index is 2.13. The molecule has 3 nitrogen and oxygen atoms in total. The highest BCUT2D eigenvalue weighted by Gasteiger charge is 2.25. The molecule has 2 heterocycles. The van der Waals surface area contributed by atoms with E-state index in [4.69, 9.17) is 0 Å². The molecule has 1 aliphatic rings. The third-order valence-corrected chi connectivity index (χ3v) is 3.45. The normalized spacial score (nSPS) is 16.2. The van der Waals surface area contributed by atoms with Crippen molar-refractivity contribution >= 4 is 5.91 Å². The van der Waals surface area contributed by atoms with Crippen LogP contribution in [0.2, 0.25) is 0 Å². The van der Waals surface area contributed by atoms with Gasteiger partial charge in [0.2, 0.25) is 5.95 Å². The predicted octanol–water partition coefficient (Wildman–Crippen LogP) is 3.04. The molecular formula is C15H19FN2O. The summed E-state index contributed by atoms with van der Waals surface area (Å²) >= 11 is 0. The van der Waals surface area contributed by atoms with Gasteiger partial charge < -0.3 is 4.90 Å². The lowest BCUT2D eigenvalue weighted by molar-refractivity contribution is 0.0759. The van der Waals surface area contributed by atoms with Gasteiger partial charge in [0.1, 0.15) is 0 Å². The number of halogens is 1. The molecule has 1 aliphatic heterocycles. The number of carbonyl (C=O) groups excluding carboxylic acids is 1. The third kappa shape index (κ3) is 3.00. The highest BCUT2D eigenvalue weighted by Crippen LogP contribution is 2.30. The molecule has 1 aromatic heterocycles. The molecule has 0 saturated heterocycles. The van der Waals surface area contributed by atoms with Crippen LogP contribution in [0.1, 0.15) is 37.6 Å². The lowest BCUT2D eigenvalue weighted by Gasteiger charge is -2.32. The standard InChI is InChI=1S/C15H19FN2O/c1-15(2,3)11-6-9-18(10-7-11)14(19)12-5-4-8-17-13(12)16/h4-6,8H,7,9-10H2,1-3H3. The van der Waals surface area contributed by atoms with Crippen LogP contribution < -0.4 is 0 Å². The van der Waals surface area contributed by atoms with Crippen molar-refractivity contribution in [2.24, 2.45) is 5.41 Å². The highest BCUT2D eigenvalue weighted by atomic mass is 19.1. The fraction of sp³-hybridized carbons (Fsp3) is 0.467. The second-order valence-electron chi connectivity index (χ2n) is 5.82. The molecule has 0 N–H and O–H groups in total.